The molecule has 0 saturated carbocycles. The molecule has 136 valence electrons. The van der Waals surface area contributed by atoms with Crippen molar-refractivity contribution in [2.24, 2.45) is 5.41 Å². The summed E-state index contributed by atoms with van der Waals surface area (Å²) in [4.78, 5) is 39.3. The number of carboxylic acid groups (broad SMARTS) is 1. The lowest BCUT2D eigenvalue weighted by molar-refractivity contribution is -0.154. The Morgan fingerprint density at radius 3 is 2.52 bits per heavy atom. The fourth-order valence-corrected chi connectivity index (χ4v) is 3.90. The molecule has 2 aliphatic rings. The zero-order valence-electron chi connectivity index (χ0n) is 14.7. The molecule has 1 spiro atoms. The summed E-state index contributed by atoms with van der Waals surface area (Å²) in [5.74, 6) is -0.472. The van der Waals surface area contributed by atoms with E-state index in [-0.39, 0.29) is 17.2 Å². The number of rotatable bonds is 3. The van der Waals surface area contributed by atoms with Gasteiger partial charge in [0, 0.05) is 26.1 Å². The summed E-state index contributed by atoms with van der Waals surface area (Å²) in [6.45, 7) is 5.03. The predicted molar refractivity (Wildman–Crippen MR) is 89.1 cm³/mol. The number of carboxylic acids is 1. The van der Waals surface area contributed by atoms with Crippen molar-refractivity contribution < 1.29 is 23.9 Å². The maximum absolute atomic E-state index is 12.6. The molecule has 0 aromatic carbocycles. The first-order valence-electron chi connectivity index (χ1n) is 8.69. The van der Waals surface area contributed by atoms with Crippen LogP contribution in [0.1, 0.15) is 48.7 Å². The average molecular weight is 348 g/mol. The SMILES string of the molecule is Cc1occc1C(=O)N1CCC2(CCC(=O)N([C@H](C)C(=O)O)C2)CC1. The van der Waals surface area contributed by atoms with E-state index in [0.717, 1.165) is 19.3 Å². The third-order valence-corrected chi connectivity index (χ3v) is 5.72. The topological polar surface area (TPSA) is 91.1 Å². The molecule has 3 rings (SSSR count). The number of carbonyl (C=O) groups is 3. The zero-order valence-corrected chi connectivity index (χ0v) is 14.7. The lowest BCUT2D eigenvalue weighted by atomic mass is 9.72. The first-order chi connectivity index (χ1) is 11.8. The van der Waals surface area contributed by atoms with Crippen LogP contribution in [0.3, 0.4) is 0 Å². The van der Waals surface area contributed by atoms with Crippen LogP contribution in [0.15, 0.2) is 16.7 Å². The first-order valence-corrected chi connectivity index (χ1v) is 8.69. The normalized spacial score (nSPS) is 21.4. The van der Waals surface area contributed by atoms with Gasteiger partial charge in [0.1, 0.15) is 11.8 Å². The highest BCUT2D eigenvalue weighted by atomic mass is 16.4. The van der Waals surface area contributed by atoms with Crippen molar-refractivity contribution in [3.63, 3.8) is 0 Å². The van der Waals surface area contributed by atoms with Crippen molar-refractivity contribution in [2.45, 2.75) is 45.6 Å². The van der Waals surface area contributed by atoms with Gasteiger partial charge in [-0.3, -0.25) is 9.59 Å². The summed E-state index contributed by atoms with van der Waals surface area (Å²) in [6, 6.07) is 0.885. The number of aryl methyl sites for hydroxylation is 1. The monoisotopic (exact) mass is 348 g/mol. The number of aliphatic carboxylic acids is 1. The van der Waals surface area contributed by atoms with Crippen LogP contribution in [0.25, 0.3) is 0 Å². The smallest absolute Gasteiger partial charge is 0.326 e. The Morgan fingerprint density at radius 2 is 1.96 bits per heavy atom. The van der Waals surface area contributed by atoms with Crippen molar-refractivity contribution in [1.29, 1.82) is 0 Å². The Kier molecular flexibility index (Phi) is 4.58. The Morgan fingerprint density at radius 1 is 1.28 bits per heavy atom. The van der Waals surface area contributed by atoms with Gasteiger partial charge in [0.2, 0.25) is 5.91 Å². The van der Waals surface area contributed by atoms with Gasteiger partial charge in [0.25, 0.3) is 5.91 Å². The largest absolute Gasteiger partial charge is 0.480 e. The van der Waals surface area contributed by atoms with Crippen molar-refractivity contribution in [2.75, 3.05) is 19.6 Å². The van der Waals surface area contributed by atoms with Crippen LogP contribution >= 0.6 is 0 Å². The van der Waals surface area contributed by atoms with Gasteiger partial charge in [-0.25, -0.2) is 4.79 Å². The molecular formula is C18H24N2O5. The zero-order chi connectivity index (χ0) is 18.2. The molecule has 2 saturated heterocycles. The molecule has 25 heavy (non-hydrogen) atoms. The van der Waals surface area contributed by atoms with E-state index in [1.165, 1.54) is 11.2 Å². The van der Waals surface area contributed by atoms with E-state index in [2.05, 4.69) is 0 Å². The Balaban J connectivity index is 1.66. The molecule has 0 unspecified atom stereocenters. The third-order valence-electron chi connectivity index (χ3n) is 5.72. The highest BCUT2D eigenvalue weighted by Gasteiger charge is 2.44. The number of hydrogen-bond donors (Lipinski definition) is 1. The van der Waals surface area contributed by atoms with E-state index in [1.807, 2.05) is 4.90 Å². The van der Waals surface area contributed by atoms with Gasteiger partial charge < -0.3 is 19.3 Å². The van der Waals surface area contributed by atoms with Crippen molar-refractivity contribution in [1.82, 2.24) is 9.80 Å². The molecule has 0 bridgehead atoms. The molecule has 1 aromatic heterocycles. The maximum atomic E-state index is 12.6. The van der Waals surface area contributed by atoms with Gasteiger partial charge in [0.05, 0.1) is 11.8 Å². The van der Waals surface area contributed by atoms with E-state index in [0.29, 0.717) is 37.4 Å². The lowest BCUT2D eigenvalue weighted by Crippen LogP contribution is -2.55. The second-order valence-electron chi connectivity index (χ2n) is 7.22. The lowest BCUT2D eigenvalue weighted by Gasteiger charge is -2.48. The van der Waals surface area contributed by atoms with Gasteiger partial charge in [-0.1, -0.05) is 0 Å². The summed E-state index contributed by atoms with van der Waals surface area (Å²) < 4.78 is 5.21. The van der Waals surface area contributed by atoms with E-state index in [9.17, 15) is 19.5 Å². The molecule has 7 heteroatoms. The molecule has 0 aliphatic carbocycles. The second-order valence-corrected chi connectivity index (χ2v) is 7.22. The highest BCUT2D eigenvalue weighted by Crippen LogP contribution is 2.41. The first kappa shape index (κ1) is 17.5. The molecule has 2 amide bonds. The molecular weight excluding hydrogens is 324 g/mol. The van der Waals surface area contributed by atoms with E-state index >= 15 is 0 Å². The van der Waals surface area contributed by atoms with Crippen molar-refractivity contribution in [3.8, 4) is 0 Å². The number of likely N-dealkylation sites (tertiary alicyclic amines) is 2. The van der Waals surface area contributed by atoms with Crippen LogP contribution in [-0.4, -0.2) is 58.4 Å². The van der Waals surface area contributed by atoms with Crippen LogP contribution in [0.2, 0.25) is 0 Å². The van der Waals surface area contributed by atoms with Crippen LogP contribution in [-0.2, 0) is 9.59 Å². The summed E-state index contributed by atoms with van der Waals surface area (Å²) >= 11 is 0. The Labute approximate surface area is 146 Å². The molecule has 2 fully saturated rings. The predicted octanol–water partition coefficient (Wildman–Crippen LogP) is 1.91. The molecule has 3 heterocycles. The van der Waals surface area contributed by atoms with E-state index in [4.69, 9.17) is 4.42 Å². The minimum Gasteiger partial charge on any atom is -0.480 e. The van der Waals surface area contributed by atoms with Crippen molar-refractivity contribution >= 4 is 17.8 Å². The van der Waals surface area contributed by atoms with E-state index < -0.39 is 12.0 Å². The summed E-state index contributed by atoms with van der Waals surface area (Å²) in [7, 11) is 0. The van der Waals surface area contributed by atoms with Crippen LogP contribution in [0.5, 0.6) is 0 Å². The maximum Gasteiger partial charge on any atom is 0.326 e. The molecule has 7 nitrogen and oxygen atoms in total. The molecule has 1 atom stereocenters. The summed E-state index contributed by atoms with van der Waals surface area (Å²) in [5.41, 5.74) is 0.510. The fourth-order valence-electron chi connectivity index (χ4n) is 3.90. The number of carbonyl (C=O) groups excluding carboxylic acids is 2. The number of nitrogens with zero attached hydrogens (tertiary/aromatic N) is 2. The number of piperidine rings is 2. The minimum absolute atomic E-state index is 0.0243. The number of hydrogen-bond acceptors (Lipinski definition) is 4. The third kappa shape index (κ3) is 3.27. The minimum atomic E-state index is -0.978. The standard InChI is InChI=1S/C18H24N2O5/c1-12(17(23)24)20-11-18(5-3-15(20)21)6-8-19(9-7-18)16(22)14-4-10-25-13(14)2/h4,10,12H,3,5-9,11H2,1-2H3,(H,23,24)/t12-/m1/s1. The summed E-state index contributed by atoms with van der Waals surface area (Å²) in [6.07, 6.45) is 4.23. The Bertz CT molecular complexity index is 687. The molecule has 1 aromatic rings. The molecule has 0 radical (unpaired) electrons. The van der Waals surface area contributed by atoms with Gasteiger partial charge in [-0.15, -0.1) is 0 Å². The average Bonchev–Trinajstić information content (AvgIpc) is 3.02. The van der Waals surface area contributed by atoms with Crippen LogP contribution < -0.4 is 0 Å². The molecule has 2 aliphatic heterocycles. The molecule has 1 N–H and O–H groups in total. The van der Waals surface area contributed by atoms with Gasteiger partial charge >= 0.3 is 5.97 Å². The number of amides is 2. The Hall–Kier alpha value is -2.31. The van der Waals surface area contributed by atoms with Crippen molar-refractivity contribution in [3.05, 3.63) is 23.7 Å². The fraction of sp³-hybridized carbons (Fsp3) is 0.611. The van der Waals surface area contributed by atoms with Gasteiger partial charge in [-0.05, 0) is 44.6 Å². The van der Waals surface area contributed by atoms with Gasteiger partial charge in [0.15, 0.2) is 0 Å². The van der Waals surface area contributed by atoms with E-state index in [1.54, 1.807) is 19.9 Å². The quantitative estimate of drug-likeness (QED) is 0.901. The van der Waals surface area contributed by atoms with Crippen LogP contribution in [0.4, 0.5) is 0 Å². The number of furan rings is 1. The van der Waals surface area contributed by atoms with Crippen LogP contribution in [0, 0.1) is 12.3 Å². The second kappa shape index (κ2) is 6.54. The highest BCUT2D eigenvalue weighted by molar-refractivity contribution is 5.95. The summed E-state index contributed by atoms with van der Waals surface area (Å²) in [5, 5.41) is 9.23. The van der Waals surface area contributed by atoms with Gasteiger partial charge in [-0.2, -0.15) is 0 Å².